The maximum absolute atomic E-state index is 12.7. The van der Waals surface area contributed by atoms with Crippen LogP contribution in [-0.4, -0.2) is 40.8 Å². The van der Waals surface area contributed by atoms with Gasteiger partial charge in [-0.1, -0.05) is 66.7 Å². The number of Topliss-reactive ketones (excluding diaryl/α,β-unsaturated/α-hetero) is 1. The number of fused-ring (bicyclic) bond motifs is 3. The van der Waals surface area contributed by atoms with Gasteiger partial charge in [0.1, 0.15) is 12.4 Å². The molecule has 39 heavy (non-hydrogen) atoms. The number of carbonyl (C=O) groups is 2. The van der Waals surface area contributed by atoms with E-state index in [1.54, 1.807) is 18.2 Å². The number of ether oxygens (including phenoxy) is 1. The molecule has 2 aliphatic carbocycles. The predicted molar refractivity (Wildman–Crippen MR) is 150 cm³/mol. The lowest BCUT2D eigenvalue weighted by atomic mass is 9.90. The summed E-state index contributed by atoms with van der Waals surface area (Å²) in [5, 5.41) is 24.3. The van der Waals surface area contributed by atoms with E-state index in [-0.39, 0.29) is 48.3 Å². The molecular weight excluding hydrogens is 516 g/mol. The third-order valence-corrected chi connectivity index (χ3v) is 8.37. The van der Waals surface area contributed by atoms with Crippen molar-refractivity contribution in [2.24, 2.45) is 0 Å². The number of benzene rings is 3. The molecule has 3 aromatic rings. The van der Waals surface area contributed by atoms with Crippen LogP contribution < -0.4 is 5.32 Å². The zero-order valence-corrected chi connectivity index (χ0v) is 22.0. The molecule has 0 saturated heterocycles. The van der Waals surface area contributed by atoms with Crippen molar-refractivity contribution < 1.29 is 24.4 Å². The number of para-hydroxylation sites is 1. The number of hydrogen-bond acceptors (Lipinski definition) is 7. The standard InChI is InChI=1S/C30H28N2O6S/c33-26-14-7-15-27(34)28(26)29(23-12-5-6-13-25(23)32(36)37)39-17-16-31-30(35)38-18-24-21-10-3-1-8-19(21)20-9-2-4-11-22(20)24/h1-6,8-13,24,29,33H,7,14-18H2,(H,31,35). The number of carbonyl (C=O) groups excluding carboxylic acids is 2. The molecule has 0 saturated carbocycles. The number of alkyl carbamates (subject to hydrolysis) is 1. The van der Waals surface area contributed by atoms with Crippen molar-refractivity contribution in [1.82, 2.24) is 5.32 Å². The number of amides is 1. The summed E-state index contributed by atoms with van der Waals surface area (Å²) in [4.78, 5) is 36.5. The number of nitrogens with zero attached hydrogens (tertiary/aromatic N) is 1. The zero-order valence-electron chi connectivity index (χ0n) is 21.2. The molecule has 2 aliphatic rings. The van der Waals surface area contributed by atoms with Crippen molar-refractivity contribution in [1.29, 1.82) is 0 Å². The SMILES string of the molecule is O=C(NCCSC(C1=C(O)CCCC1=O)c1ccccc1[N+](=O)[O-])OCC1c2ccccc2-c2ccccc21. The Morgan fingerprint density at radius 3 is 2.33 bits per heavy atom. The Hall–Kier alpha value is -4.11. The smallest absolute Gasteiger partial charge is 0.407 e. The van der Waals surface area contributed by atoms with E-state index in [0.717, 1.165) is 22.3 Å². The van der Waals surface area contributed by atoms with Gasteiger partial charge in [-0.2, -0.15) is 0 Å². The molecule has 1 atom stereocenters. The van der Waals surface area contributed by atoms with Crippen LogP contribution in [0.2, 0.25) is 0 Å². The Bertz CT molecular complexity index is 1410. The largest absolute Gasteiger partial charge is 0.512 e. The van der Waals surface area contributed by atoms with Crippen molar-refractivity contribution in [2.45, 2.75) is 30.4 Å². The Balaban J connectivity index is 1.22. The second-order valence-electron chi connectivity index (χ2n) is 9.46. The fraction of sp³-hybridized carbons (Fsp3) is 0.267. The molecule has 9 heteroatoms. The summed E-state index contributed by atoms with van der Waals surface area (Å²) in [6, 6.07) is 22.4. The monoisotopic (exact) mass is 544 g/mol. The highest BCUT2D eigenvalue weighted by Gasteiger charge is 2.33. The maximum atomic E-state index is 12.7. The fourth-order valence-corrected chi connectivity index (χ4v) is 6.60. The Labute approximate surface area is 230 Å². The number of nitrogens with one attached hydrogen (secondary N) is 1. The maximum Gasteiger partial charge on any atom is 0.407 e. The minimum Gasteiger partial charge on any atom is -0.512 e. The molecule has 5 rings (SSSR count). The normalized spacial score (nSPS) is 15.4. The van der Waals surface area contributed by atoms with E-state index < -0.39 is 16.3 Å². The van der Waals surface area contributed by atoms with Crippen LogP contribution in [0.15, 0.2) is 84.1 Å². The van der Waals surface area contributed by atoms with Crippen LogP contribution in [0.4, 0.5) is 10.5 Å². The summed E-state index contributed by atoms with van der Waals surface area (Å²) in [7, 11) is 0. The highest BCUT2D eigenvalue weighted by atomic mass is 32.2. The van der Waals surface area contributed by atoms with E-state index in [4.69, 9.17) is 4.74 Å². The molecular formula is C30H28N2O6S. The molecule has 1 unspecified atom stereocenters. The summed E-state index contributed by atoms with van der Waals surface area (Å²) < 4.78 is 5.58. The van der Waals surface area contributed by atoms with Crippen molar-refractivity contribution >= 4 is 29.3 Å². The van der Waals surface area contributed by atoms with E-state index in [1.807, 2.05) is 24.3 Å². The van der Waals surface area contributed by atoms with Gasteiger partial charge < -0.3 is 15.2 Å². The van der Waals surface area contributed by atoms with Crippen molar-refractivity contribution in [3.8, 4) is 11.1 Å². The molecule has 8 nitrogen and oxygen atoms in total. The predicted octanol–water partition coefficient (Wildman–Crippen LogP) is 6.47. The summed E-state index contributed by atoms with van der Waals surface area (Å²) in [6.45, 7) is 0.418. The van der Waals surface area contributed by atoms with Crippen LogP contribution in [0.5, 0.6) is 0 Å². The van der Waals surface area contributed by atoms with Crippen molar-refractivity contribution in [3.63, 3.8) is 0 Å². The number of aliphatic hydroxyl groups is 1. The molecule has 2 N–H and O–H groups in total. The fourth-order valence-electron chi connectivity index (χ4n) is 5.33. The quantitative estimate of drug-likeness (QED) is 0.180. The molecule has 0 spiro atoms. The average molecular weight is 545 g/mol. The third kappa shape index (κ3) is 5.54. The summed E-state index contributed by atoms with van der Waals surface area (Å²) in [5.41, 5.74) is 4.99. The first-order chi connectivity index (χ1) is 19.0. The van der Waals surface area contributed by atoms with Gasteiger partial charge in [0.2, 0.25) is 0 Å². The van der Waals surface area contributed by atoms with Gasteiger partial charge in [0.15, 0.2) is 5.78 Å². The molecule has 0 bridgehead atoms. The van der Waals surface area contributed by atoms with Crippen molar-refractivity contribution in [3.05, 3.63) is 111 Å². The van der Waals surface area contributed by atoms with Gasteiger partial charge in [0.25, 0.3) is 5.69 Å². The minimum absolute atomic E-state index is 0.0219. The van der Waals surface area contributed by atoms with Gasteiger partial charge in [-0.15, -0.1) is 11.8 Å². The zero-order chi connectivity index (χ0) is 27.4. The number of ketones is 1. The summed E-state index contributed by atoms with van der Waals surface area (Å²) >= 11 is 1.27. The van der Waals surface area contributed by atoms with Gasteiger partial charge in [0.05, 0.1) is 15.7 Å². The lowest BCUT2D eigenvalue weighted by Gasteiger charge is -2.24. The molecule has 3 aromatic carbocycles. The molecule has 0 radical (unpaired) electrons. The van der Waals surface area contributed by atoms with E-state index in [0.29, 0.717) is 24.2 Å². The molecule has 0 aliphatic heterocycles. The summed E-state index contributed by atoms with van der Waals surface area (Å²) in [5.74, 6) is 0.0726. The van der Waals surface area contributed by atoms with Crippen LogP contribution in [0, 0.1) is 10.1 Å². The van der Waals surface area contributed by atoms with Crippen LogP contribution >= 0.6 is 11.8 Å². The molecule has 0 aromatic heterocycles. The molecule has 1 amide bonds. The third-order valence-electron chi connectivity index (χ3n) is 7.11. The van der Waals surface area contributed by atoms with Gasteiger partial charge in [-0.25, -0.2) is 4.79 Å². The Morgan fingerprint density at radius 1 is 1.03 bits per heavy atom. The van der Waals surface area contributed by atoms with Gasteiger partial charge in [-0.05, 0) is 28.7 Å². The van der Waals surface area contributed by atoms with E-state index in [1.165, 1.54) is 17.8 Å². The number of thioether (sulfide) groups is 1. The first kappa shape index (κ1) is 26.5. The number of nitro benzene ring substituents is 1. The molecule has 200 valence electrons. The number of nitro groups is 1. The highest BCUT2D eigenvalue weighted by molar-refractivity contribution is 7.99. The van der Waals surface area contributed by atoms with Gasteiger partial charge in [0, 0.05) is 42.7 Å². The van der Waals surface area contributed by atoms with Gasteiger partial charge in [-0.3, -0.25) is 14.9 Å². The van der Waals surface area contributed by atoms with E-state index in [9.17, 15) is 24.8 Å². The number of aliphatic hydroxyl groups excluding tert-OH is 1. The highest BCUT2D eigenvalue weighted by Crippen LogP contribution is 2.45. The second kappa shape index (κ2) is 11.7. The van der Waals surface area contributed by atoms with E-state index >= 15 is 0 Å². The first-order valence-electron chi connectivity index (χ1n) is 12.8. The van der Waals surface area contributed by atoms with Crippen LogP contribution in [0.25, 0.3) is 11.1 Å². The first-order valence-corrected chi connectivity index (χ1v) is 13.9. The molecule has 0 fully saturated rings. The van der Waals surface area contributed by atoms with Gasteiger partial charge >= 0.3 is 6.09 Å². The second-order valence-corrected chi connectivity index (χ2v) is 10.7. The topological polar surface area (TPSA) is 119 Å². The average Bonchev–Trinajstić information content (AvgIpc) is 3.26. The van der Waals surface area contributed by atoms with Crippen LogP contribution in [0.3, 0.4) is 0 Å². The lowest BCUT2D eigenvalue weighted by Crippen LogP contribution is -2.28. The number of rotatable bonds is 9. The molecule has 0 heterocycles. The van der Waals surface area contributed by atoms with Crippen LogP contribution in [0.1, 0.15) is 47.1 Å². The Kier molecular flexibility index (Phi) is 7.97. The number of hydrogen-bond donors (Lipinski definition) is 2. The lowest BCUT2D eigenvalue weighted by molar-refractivity contribution is -0.385. The number of allylic oxidation sites excluding steroid dienone is 1. The summed E-state index contributed by atoms with van der Waals surface area (Å²) in [6.07, 6.45) is 0.632. The minimum atomic E-state index is -0.719. The Morgan fingerprint density at radius 2 is 1.67 bits per heavy atom. The van der Waals surface area contributed by atoms with Crippen LogP contribution in [-0.2, 0) is 9.53 Å². The van der Waals surface area contributed by atoms with E-state index in [2.05, 4.69) is 29.6 Å². The van der Waals surface area contributed by atoms with Crippen molar-refractivity contribution in [2.75, 3.05) is 18.9 Å².